The van der Waals surface area contributed by atoms with Gasteiger partial charge < -0.3 is 15.4 Å². The van der Waals surface area contributed by atoms with Crippen LogP contribution in [0.4, 0.5) is 29.1 Å². The Hall–Kier alpha value is -4.61. The third-order valence-electron chi connectivity index (χ3n) is 4.65. The van der Waals surface area contributed by atoms with Crippen molar-refractivity contribution in [2.75, 3.05) is 10.6 Å². The second-order valence-corrected chi connectivity index (χ2v) is 7.21. The fourth-order valence-corrected chi connectivity index (χ4v) is 3.18. The predicted molar refractivity (Wildman–Crippen MR) is 118 cm³/mol. The normalized spacial score (nSPS) is 11.2. The molecule has 0 aliphatic heterocycles. The molecule has 0 aliphatic carbocycles. The number of benzene rings is 2. The zero-order valence-corrected chi connectivity index (χ0v) is 17.9. The number of rotatable bonds is 5. The lowest BCUT2D eigenvalue weighted by molar-refractivity contribution is -0.139. The average Bonchev–Trinajstić information content (AvgIpc) is 2.79. The van der Waals surface area contributed by atoms with Crippen LogP contribution in [0.25, 0.3) is 10.8 Å². The molecule has 0 bridgehead atoms. The minimum atomic E-state index is -4.91. The number of carbonyl (C=O) groups excluding carboxylic acids is 2. The Morgan fingerprint density at radius 3 is 2.49 bits per heavy atom. The van der Waals surface area contributed by atoms with E-state index in [9.17, 15) is 27.2 Å². The van der Waals surface area contributed by atoms with Gasteiger partial charge in [0.1, 0.15) is 29.4 Å². The number of hydrogen-bond donors (Lipinski definition) is 2. The fraction of sp³-hybridized carbons (Fsp3) is 0.0870. The summed E-state index contributed by atoms with van der Waals surface area (Å²) in [6.45, 7) is 1.33. The van der Waals surface area contributed by atoms with Crippen LogP contribution in [0.15, 0.2) is 61.1 Å². The summed E-state index contributed by atoms with van der Waals surface area (Å²) in [6.07, 6.45) is -2.34. The minimum Gasteiger partial charge on any atom is -0.439 e. The van der Waals surface area contributed by atoms with E-state index < -0.39 is 23.5 Å². The number of nitrogens with zero attached hydrogens (tertiary/aromatic N) is 3. The summed E-state index contributed by atoms with van der Waals surface area (Å²) in [5.41, 5.74) is -1.78. The van der Waals surface area contributed by atoms with Crippen LogP contribution in [-0.2, 0) is 11.0 Å². The van der Waals surface area contributed by atoms with Gasteiger partial charge in [0.15, 0.2) is 0 Å². The molecular weight excluding hydrogens is 470 g/mol. The molecule has 0 aliphatic rings. The van der Waals surface area contributed by atoms with E-state index in [-0.39, 0.29) is 29.0 Å². The molecule has 178 valence electrons. The maximum atomic E-state index is 13.5. The number of ether oxygens (including phenoxy) is 1. The Balaban J connectivity index is 1.58. The van der Waals surface area contributed by atoms with Gasteiger partial charge in [0.25, 0.3) is 5.91 Å². The number of carbonyl (C=O) groups is 2. The van der Waals surface area contributed by atoms with Crippen molar-refractivity contribution in [3.05, 3.63) is 78.1 Å². The first kappa shape index (κ1) is 23.5. The van der Waals surface area contributed by atoms with Gasteiger partial charge >= 0.3 is 6.18 Å². The summed E-state index contributed by atoms with van der Waals surface area (Å²) in [6, 6.07) is 9.90. The molecule has 2 aromatic carbocycles. The molecule has 4 aromatic rings. The van der Waals surface area contributed by atoms with E-state index in [0.717, 1.165) is 6.07 Å². The summed E-state index contributed by atoms with van der Waals surface area (Å²) < 4.78 is 58.1. The maximum absolute atomic E-state index is 13.5. The van der Waals surface area contributed by atoms with Crippen LogP contribution in [0.5, 0.6) is 11.6 Å². The standard InChI is InChI=1S/C23H15F4N5O3/c1-12(33)31-19-10-20(30-11-29-19)35-15-3-4-16-13(8-15)6-7-28-21(16)22(34)32-14-2-5-18(24)17(9-14)23(25,26)27/h2-11H,1H3,(H,32,34)(H,29,30,31,33). The minimum absolute atomic E-state index is 0.0538. The quantitative estimate of drug-likeness (QED) is 0.377. The predicted octanol–water partition coefficient (Wildman–Crippen LogP) is 5.19. The molecule has 4 rings (SSSR count). The van der Waals surface area contributed by atoms with Gasteiger partial charge in [-0.05, 0) is 47.9 Å². The Bertz CT molecular complexity index is 1440. The molecule has 35 heavy (non-hydrogen) atoms. The number of pyridine rings is 1. The zero-order chi connectivity index (χ0) is 25.2. The van der Waals surface area contributed by atoms with Crippen LogP contribution in [0, 0.1) is 5.82 Å². The molecular formula is C23H15F4N5O3. The van der Waals surface area contributed by atoms with Crippen molar-refractivity contribution >= 4 is 34.1 Å². The van der Waals surface area contributed by atoms with E-state index in [1.807, 2.05) is 0 Å². The number of halogens is 4. The lowest BCUT2D eigenvalue weighted by Gasteiger charge is -2.12. The molecule has 2 N–H and O–H groups in total. The largest absolute Gasteiger partial charge is 0.439 e. The van der Waals surface area contributed by atoms with Crippen molar-refractivity contribution < 1.29 is 31.9 Å². The van der Waals surface area contributed by atoms with E-state index in [1.165, 1.54) is 25.5 Å². The van der Waals surface area contributed by atoms with Gasteiger partial charge in [0, 0.05) is 30.3 Å². The Morgan fingerprint density at radius 2 is 1.74 bits per heavy atom. The highest BCUT2D eigenvalue weighted by atomic mass is 19.4. The van der Waals surface area contributed by atoms with Crippen LogP contribution < -0.4 is 15.4 Å². The molecule has 12 heteroatoms. The highest BCUT2D eigenvalue weighted by Gasteiger charge is 2.34. The van der Waals surface area contributed by atoms with Crippen molar-refractivity contribution in [2.45, 2.75) is 13.1 Å². The first-order chi connectivity index (χ1) is 16.6. The third-order valence-corrected chi connectivity index (χ3v) is 4.65. The number of fused-ring (bicyclic) bond motifs is 1. The summed E-state index contributed by atoms with van der Waals surface area (Å²) in [5.74, 6) is -1.77. The van der Waals surface area contributed by atoms with Crippen LogP contribution >= 0.6 is 0 Å². The van der Waals surface area contributed by atoms with Gasteiger partial charge in [-0.25, -0.2) is 14.4 Å². The van der Waals surface area contributed by atoms with Crippen molar-refractivity contribution in [1.29, 1.82) is 0 Å². The first-order valence-corrected chi connectivity index (χ1v) is 9.94. The van der Waals surface area contributed by atoms with Gasteiger partial charge in [-0.1, -0.05) is 0 Å². The lowest BCUT2D eigenvalue weighted by Crippen LogP contribution is -2.15. The zero-order valence-electron chi connectivity index (χ0n) is 17.9. The van der Waals surface area contributed by atoms with Crippen LogP contribution in [0.1, 0.15) is 23.0 Å². The van der Waals surface area contributed by atoms with E-state index in [4.69, 9.17) is 4.74 Å². The molecule has 8 nitrogen and oxygen atoms in total. The summed E-state index contributed by atoms with van der Waals surface area (Å²) in [4.78, 5) is 35.8. The highest BCUT2D eigenvalue weighted by molar-refractivity contribution is 6.11. The molecule has 0 unspecified atom stereocenters. The lowest BCUT2D eigenvalue weighted by atomic mass is 10.1. The molecule has 0 saturated carbocycles. The number of anilines is 2. The van der Waals surface area contributed by atoms with Crippen molar-refractivity contribution in [2.24, 2.45) is 0 Å². The van der Waals surface area contributed by atoms with Crippen molar-refractivity contribution in [3.63, 3.8) is 0 Å². The summed E-state index contributed by atoms with van der Waals surface area (Å²) >= 11 is 0. The molecule has 0 spiro atoms. The van der Waals surface area contributed by atoms with Crippen LogP contribution in [0.2, 0.25) is 0 Å². The molecule has 0 fully saturated rings. The topological polar surface area (TPSA) is 106 Å². The number of nitrogens with one attached hydrogen (secondary N) is 2. The Kier molecular flexibility index (Phi) is 6.28. The molecule has 2 amide bonds. The van der Waals surface area contributed by atoms with Crippen LogP contribution in [0.3, 0.4) is 0 Å². The molecule has 2 aromatic heterocycles. The van der Waals surface area contributed by atoms with E-state index >= 15 is 0 Å². The summed E-state index contributed by atoms with van der Waals surface area (Å²) in [7, 11) is 0. The monoisotopic (exact) mass is 485 g/mol. The van der Waals surface area contributed by atoms with Gasteiger partial charge in [-0.15, -0.1) is 0 Å². The second kappa shape index (κ2) is 9.33. The highest BCUT2D eigenvalue weighted by Crippen LogP contribution is 2.33. The average molecular weight is 485 g/mol. The van der Waals surface area contributed by atoms with Gasteiger partial charge in [-0.2, -0.15) is 13.2 Å². The van der Waals surface area contributed by atoms with E-state index in [0.29, 0.717) is 28.7 Å². The SMILES string of the molecule is CC(=O)Nc1cc(Oc2ccc3c(C(=O)Nc4ccc(F)c(C(F)(F)F)c4)nccc3c2)ncn1. The molecule has 2 heterocycles. The number of alkyl halides is 3. The van der Waals surface area contributed by atoms with E-state index in [2.05, 4.69) is 25.6 Å². The maximum Gasteiger partial charge on any atom is 0.419 e. The number of hydrogen-bond acceptors (Lipinski definition) is 6. The van der Waals surface area contributed by atoms with Crippen molar-refractivity contribution in [3.8, 4) is 11.6 Å². The van der Waals surface area contributed by atoms with Gasteiger partial charge in [-0.3, -0.25) is 14.6 Å². The molecule has 0 saturated heterocycles. The molecule has 0 radical (unpaired) electrons. The number of amides is 2. The molecule has 0 atom stereocenters. The summed E-state index contributed by atoms with van der Waals surface area (Å²) in [5, 5.41) is 5.77. The Morgan fingerprint density at radius 1 is 0.943 bits per heavy atom. The second-order valence-electron chi connectivity index (χ2n) is 7.21. The third kappa shape index (κ3) is 5.49. The Labute approximate surface area is 195 Å². The first-order valence-electron chi connectivity index (χ1n) is 9.94. The van der Waals surface area contributed by atoms with Crippen molar-refractivity contribution in [1.82, 2.24) is 15.0 Å². The smallest absolute Gasteiger partial charge is 0.419 e. The van der Waals surface area contributed by atoms with Crippen LogP contribution in [-0.4, -0.2) is 26.8 Å². The fourth-order valence-electron chi connectivity index (χ4n) is 3.18. The van der Waals surface area contributed by atoms with Gasteiger partial charge in [0.2, 0.25) is 11.8 Å². The van der Waals surface area contributed by atoms with E-state index in [1.54, 1.807) is 24.3 Å². The number of aromatic nitrogens is 3. The van der Waals surface area contributed by atoms with Gasteiger partial charge in [0.05, 0.1) is 5.56 Å².